The molecule has 2 aromatic rings. The van der Waals surface area contributed by atoms with Crippen LogP contribution < -0.4 is 5.32 Å². The summed E-state index contributed by atoms with van der Waals surface area (Å²) < 4.78 is 13.7. The third kappa shape index (κ3) is 4.40. The predicted octanol–water partition coefficient (Wildman–Crippen LogP) is 3.44. The average molecular weight is 350 g/mol. The number of anilines is 1. The second-order valence-corrected chi connectivity index (χ2v) is 6.49. The number of fused-ring (bicyclic) bond motifs is 1. The van der Waals surface area contributed by atoms with E-state index >= 15 is 0 Å². The predicted molar refractivity (Wildman–Crippen MR) is 87.6 cm³/mol. The molecule has 1 heterocycles. The van der Waals surface area contributed by atoms with Crippen LogP contribution in [0.15, 0.2) is 6.07 Å². The van der Waals surface area contributed by atoms with E-state index in [-0.39, 0.29) is 6.61 Å². The number of ether oxygens (including phenoxy) is 1. The van der Waals surface area contributed by atoms with Gasteiger partial charge in [0.05, 0.1) is 40.2 Å². The quantitative estimate of drug-likeness (QED) is 0.801. The van der Waals surface area contributed by atoms with Crippen molar-refractivity contribution in [3.8, 4) is 0 Å². The zero-order valence-corrected chi connectivity index (χ0v) is 14.1. The van der Waals surface area contributed by atoms with Gasteiger partial charge in [0.15, 0.2) is 0 Å². The Morgan fingerprint density at radius 3 is 2.67 bits per heavy atom. The van der Waals surface area contributed by atoms with Gasteiger partial charge in [-0.3, -0.25) is 0 Å². The molecule has 0 fully saturated rings. The van der Waals surface area contributed by atoms with E-state index in [9.17, 15) is 5.11 Å². The van der Waals surface area contributed by atoms with E-state index in [1.807, 2.05) is 0 Å². The lowest BCUT2D eigenvalue weighted by molar-refractivity contribution is 0.0318. The van der Waals surface area contributed by atoms with E-state index < -0.39 is 6.10 Å². The number of hydrogen-bond donors (Lipinski definition) is 2. The highest BCUT2D eigenvalue weighted by molar-refractivity contribution is 7.00. The maximum Gasteiger partial charge on any atom is 0.130 e. The second-order valence-electron chi connectivity index (χ2n) is 5.14. The Morgan fingerprint density at radius 1 is 1.24 bits per heavy atom. The van der Waals surface area contributed by atoms with Gasteiger partial charge in [0.1, 0.15) is 11.0 Å². The number of hydrogen-bond acceptors (Lipinski definition) is 6. The number of aliphatic hydroxyl groups is 1. The Hall–Kier alpha value is -0.660. The van der Waals surface area contributed by atoms with Gasteiger partial charge in [0.2, 0.25) is 0 Å². The molecule has 2 N–H and O–H groups in total. The van der Waals surface area contributed by atoms with Crippen molar-refractivity contribution in [1.82, 2.24) is 8.75 Å². The number of aromatic nitrogens is 2. The Morgan fingerprint density at radius 2 is 1.95 bits per heavy atom. The van der Waals surface area contributed by atoms with E-state index in [0.717, 1.165) is 11.7 Å². The molecule has 5 nitrogen and oxygen atoms in total. The number of halogens is 2. The summed E-state index contributed by atoms with van der Waals surface area (Å²) in [5, 5.41) is 13.9. The molecule has 0 aliphatic carbocycles. The van der Waals surface area contributed by atoms with E-state index in [0.29, 0.717) is 45.8 Å². The molecule has 0 saturated heterocycles. The van der Waals surface area contributed by atoms with Crippen LogP contribution in [0.1, 0.15) is 13.8 Å². The second kappa shape index (κ2) is 7.56. The first-order valence-electron chi connectivity index (χ1n) is 6.59. The van der Waals surface area contributed by atoms with Gasteiger partial charge in [-0.25, -0.2) is 0 Å². The van der Waals surface area contributed by atoms with Gasteiger partial charge in [-0.15, -0.1) is 0 Å². The maximum absolute atomic E-state index is 9.90. The van der Waals surface area contributed by atoms with Gasteiger partial charge in [-0.05, 0) is 12.0 Å². The maximum atomic E-state index is 9.90. The van der Waals surface area contributed by atoms with Crippen LogP contribution in [0.25, 0.3) is 11.0 Å². The van der Waals surface area contributed by atoms with Gasteiger partial charge >= 0.3 is 0 Å². The van der Waals surface area contributed by atoms with Crippen molar-refractivity contribution in [3.05, 3.63) is 16.1 Å². The number of benzene rings is 1. The first-order valence-corrected chi connectivity index (χ1v) is 8.07. The average Bonchev–Trinajstić information content (AvgIpc) is 2.87. The SMILES string of the molecule is CC(C)COCC(O)CNc1c(Cl)cc(Cl)c2nsnc12. The first-order chi connectivity index (χ1) is 9.99. The number of aliphatic hydroxyl groups excluding tert-OH is 1. The normalized spacial score (nSPS) is 13.0. The van der Waals surface area contributed by atoms with Crippen LogP contribution in [-0.2, 0) is 4.74 Å². The lowest BCUT2D eigenvalue weighted by atomic mass is 10.2. The summed E-state index contributed by atoms with van der Waals surface area (Å²) in [6.07, 6.45) is -0.628. The number of rotatable bonds is 7. The van der Waals surface area contributed by atoms with Crippen LogP contribution >= 0.6 is 34.9 Å². The lowest BCUT2D eigenvalue weighted by Crippen LogP contribution is -2.25. The lowest BCUT2D eigenvalue weighted by Gasteiger charge is -2.15. The Labute approximate surface area is 137 Å². The zero-order chi connectivity index (χ0) is 15.4. The molecular formula is C13H17Cl2N3O2S. The van der Waals surface area contributed by atoms with Crippen molar-refractivity contribution < 1.29 is 9.84 Å². The third-order valence-corrected chi connectivity index (χ3v) is 3.83. The molecular weight excluding hydrogens is 333 g/mol. The first kappa shape index (κ1) is 16.7. The molecule has 0 aliphatic rings. The van der Waals surface area contributed by atoms with Crippen LogP contribution in [0.5, 0.6) is 0 Å². The fraction of sp³-hybridized carbons (Fsp3) is 0.538. The zero-order valence-electron chi connectivity index (χ0n) is 11.8. The van der Waals surface area contributed by atoms with Crippen molar-refractivity contribution in [2.24, 2.45) is 5.92 Å². The number of nitrogens with zero attached hydrogens (tertiary/aromatic N) is 2. The molecule has 1 aromatic carbocycles. The molecule has 0 amide bonds. The largest absolute Gasteiger partial charge is 0.389 e. The minimum atomic E-state index is -0.628. The molecule has 0 radical (unpaired) electrons. The highest BCUT2D eigenvalue weighted by atomic mass is 35.5. The van der Waals surface area contributed by atoms with Crippen molar-refractivity contribution in [2.45, 2.75) is 20.0 Å². The van der Waals surface area contributed by atoms with Crippen LogP contribution in [0.3, 0.4) is 0 Å². The number of nitrogens with one attached hydrogen (secondary N) is 1. The molecule has 0 aliphatic heterocycles. The minimum absolute atomic E-state index is 0.273. The minimum Gasteiger partial charge on any atom is -0.389 e. The summed E-state index contributed by atoms with van der Waals surface area (Å²) in [4.78, 5) is 0. The summed E-state index contributed by atoms with van der Waals surface area (Å²) in [5.74, 6) is 0.441. The fourth-order valence-electron chi connectivity index (χ4n) is 1.76. The highest BCUT2D eigenvalue weighted by Crippen LogP contribution is 2.35. The highest BCUT2D eigenvalue weighted by Gasteiger charge is 2.15. The van der Waals surface area contributed by atoms with Gasteiger partial charge in [-0.1, -0.05) is 37.0 Å². The van der Waals surface area contributed by atoms with Crippen molar-refractivity contribution in [1.29, 1.82) is 0 Å². The summed E-state index contributed by atoms with van der Waals surface area (Å²) in [6, 6.07) is 1.62. The summed E-state index contributed by atoms with van der Waals surface area (Å²) in [6.45, 7) is 5.33. The molecule has 2 rings (SSSR count). The topological polar surface area (TPSA) is 67.3 Å². The summed E-state index contributed by atoms with van der Waals surface area (Å²) in [5.41, 5.74) is 1.86. The smallest absolute Gasteiger partial charge is 0.130 e. The van der Waals surface area contributed by atoms with Crippen LogP contribution in [0, 0.1) is 5.92 Å². The fourth-order valence-corrected chi connectivity index (χ4v) is 2.94. The van der Waals surface area contributed by atoms with E-state index in [1.54, 1.807) is 6.07 Å². The molecule has 1 unspecified atom stereocenters. The molecule has 0 bridgehead atoms. The molecule has 116 valence electrons. The van der Waals surface area contributed by atoms with Gasteiger partial charge in [0, 0.05) is 13.2 Å². The molecule has 0 saturated carbocycles. The molecule has 8 heteroatoms. The summed E-state index contributed by atoms with van der Waals surface area (Å²) in [7, 11) is 0. The Balaban J connectivity index is 1.99. The van der Waals surface area contributed by atoms with Crippen molar-refractivity contribution >= 4 is 51.7 Å². The van der Waals surface area contributed by atoms with E-state index in [2.05, 4.69) is 27.9 Å². The van der Waals surface area contributed by atoms with Crippen LogP contribution in [-0.4, -0.2) is 39.7 Å². The molecule has 1 aromatic heterocycles. The Kier molecular flexibility index (Phi) is 6.01. The standard InChI is InChI=1S/C13H17Cl2N3O2S/c1-7(2)5-20-6-8(19)4-16-11-9(14)3-10(15)12-13(11)18-21-17-12/h3,7-8,16,19H,4-6H2,1-2H3. The van der Waals surface area contributed by atoms with Crippen molar-refractivity contribution in [2.75, 3.05) is 25.1 Å². The van der Waals surface area contributed by atoms with Gasteiger partial charge < -0.3 is 15.2 Å². The van der Waals surface area contributed by atoms with Crippen LogP contribution in [0.4, 0.5) is 5.69 Å². The summed E-state index contributed by atoms with van der Waals surface area (Å²) >= 11 is 13.3. The monoisotopic (exact) mass is 349 g/mol. The van der Waals surface area contributed by atoms with Crippen molar-refractivity contribution in [3.63, 3.8) is 0 Å². The van der Waals surface area contributed by atoms with Gasteiger partial charge in [0.25, 0.3) is 0 Å². The third-order valence-electron chi connectivity index (χ3n) is 2.72. The molecule has 0 spiro atoms. The van der Waals surface area contributed by atoms with E-state index in [4.69, 9.17) is 27.9 Å². The molecule has 21 heavy (non-hydrogen) atoms. The molecule has 1 atom stereocenters. The van der Waals surface area contributed by atoms with E-state index in [1.165, 1.54) is 0 Å². The van der Waals surface area contributed by atoms with Gasteiger partial charge in [-0.2, -0.15) is 8.75 Å². The Bertz CT molecular complexity index is 606. The van der Waals surface area contributed by atoms with Crippen LogP contribution in [0.2, 0.25) is 10.0 Å².